The molecule has 0 unspecified atom stereocenters. The molecule has 2 aromatic heterocycles. The average Bonchev–Trinajstić information content (AvgIpc) is 3.16. The lowest BCUT2D eigenvalue weighted by Crippen LogP contribution is -2.47. The highest BCUT2D eigenvalue weighted by Gasteiger charge is 2.23. The molecule has 1 fully saturated rings. The van der Waals surface area contributed by atoms with Gasteiger partial charge < -0.3 is 5.32 Å². The molecule has 1 saturated heterocycles. The Balaban J connectivity index is 1.39. The smallest absolute Gasteiger partial charge is 0.269 e. The number of nitrogens with zero attached hydrogens (tertiary/aromatic N) is 3. The lowest BCUT2D eigenvalue weighted by Gasteiger charge is -2.33. The molecule has 5 nitrogen and oxygen atoms in total. The van der Waals surface area contributed by atoms with Gasteiger partial charge in [-0.25, -0.2) is 4.98 Å². The van der Waals surface area contributed by atoms with Crippen LogP contribution in [0.3, 0.4) is 0 Å². The predicted molar refractivity (Wildman–Crippen MR) is 105 cm³/mol. The minimum absolute atomic E-state index is 0.0213. The fraction of sp³-hybridized carbons (Fsp3) is 0.368. The Morgan fingerprint density at radius 1 is 1.38 bits per heavy atom. The molecule has 4 rings (SSSR count). The molecule has 26 heavy (non-hydrogen) atoms. The second-order valence-corrected chi connectivity index (χ2v) is 8.10. The van der Waals surface area contributed by atoms with E-state index in [0.29, 0.717) is 5.69 Å². The maximum atomic E-state index is 12.7. The molecule has 1 aliphatic heterocycles. The summed E-state index contributed by atoms with van der Waals surface area (Å²) in [5.41, 5.74) is 2.84. The van der Waals surface area contributed by atoms with Gasteiger partial charge in [0.15, 0.2) is 4.96 Å². The average molecular weight is 389 g/mol. The van der Waals surface area contributed by atoms with Crippen LogP contribution in [0, 0.1) is 6.92 Å². The zero-order chi connectivity index (χ0) is 18.1. The lowest BCUT2D eigenvalue weighted by molar-refractivity contribution is 0.0895. The molecule has 7 heteroatoms. The topological polar surface area (TPSA) is 49.6 Å². The predicted octanol–water partition coefficient (Wildman–Crippen LogP) is 3.75. The van der Waals surface area contributed by atoms with Crippen molar-refractivity contribution < 1.29 is 4.79 Å². The van der Waals surface area contributed by atoms with Crippen LogP contribution in [0.5, 0.6) is 0 Å². The van der Waals surface area contributed by atoms with Crippen molar-refractivity contribution in [1.29, 1.82) is 0 Å². The van der Waals surface area contributed by atoms with E-state index in [-0.39, 0.29) is 11.9 Å². The van der Waals surface area contributed by atoms with Gasteiger partial charge in [-0.2, -0.15) is 0 Å². The Bertz CT molecular complexity index is 917. The van der Waals surface area contributed by atoms with E-state index in [2.05, 4.69) is 27.3 Å². The van der Waals surface area contributed by atoms with Gasteiger partial charge >= 0.3 is 0 Å². The molecule has 1 aromatic carbocycles. The number of thiazole rings is 1. The van der Waals surface area contributed by atoms with Crippen LogP contribution in [0.1, 0.15) is 34.6 Å². The molecule has 0 bridgehead atoms. The Hall–Kier alpha value is -1.89. The standard InChI is InChI=1S/C19H21ClN4OS/c1-13-9-24-17(12-26-19(24)21-13)18(25)22-16-3-2-8-23(11-16)10-14-4-6-15(20)7-5-14/h4-7,9,12,16H,2-3,8,10-11H2,1H3,(H,22,25)/t16-/m1/s1. The molecule has 1 N–H and O–H groups in total. The minimum Gasteiger partial charge on any atom is -0.347 e. The van der Waals surface area contributed by atoms with Crippen LogP contribution >= 0.6 is 22.9 Å². The number of carbonyl (C=O) groups is 1. The normalized spacial score (nSPS) is 18.3. The van der Waals surface area contributed by atoms with Crippen LogP contribution in [-0.4, -0.2) is 39.3 Å². The Labute approximate surface area is 161 Å². The number of hydrogen-bond donors (Lipinski definition) is 1. The maximum absolute atomic E-state index is 12.7. The summed E-state index contributed by atoms with van der Waals surface area (Å²) in [5, 5.41) is 5.84. The van der Waals surface area contributed by atoms with Crippen LogP contribution in [0.15, 0.2) is 35.8 Å². The van der Waals surface area contributed by atoms with E-state index >= 15 is 0 Å². The van der Waals surface area contributed by atoms with Crippen LogP contribution in [0.2, 0.25) is 5.02 Å². The Morgan fingerprint density at radius 2 is 2.19 bits per heavy atom. The lowest BCUT2D eigenvalue weighted by atomic mass is 10.0. The molecule has 1 aliphatic rings. The van der Waals surface area contributed by atoms with E-state index in [1.165, 1.54) is 16.9 Å². The zero-order valence-electron chi connectivity index (χ0n) is 14.6. The van der Waals surface area contributed by atoms with Gasteiger partial charge in [0.2, 0.25) is 0 Å². The molecule has 0 radical (unpaired) electrons. The fourth-order valence-electron chi connectivity index (χ4n) is 3.48. The van der Waals surface area contributed by atoms with Gasteiger partial charge in [-0.1, -0.05) is 23.7 Å². The Morgan fingerprint density at radius 3 is 3.00 bits per heavy atom. The Kier molecular flexibility index (Phi) is 4.98. The monoisotopic (exact) mass is 388 g/mol. The number of aryl methyl sites for hydroxylation is 1. The third-order valence-electron chi connectivity index (χ3n) is 4.72. The van der Waals surface area contributed by atoms with E-state index in [9.17, 15) is 4.79 Å². The van der Waals surface area contributed by atoms with Gasteiger partial charge in [0.25, 0.3) is 5.91 Å². The third kappa shape index (κ3) is 3.77. The quantitative estimate of drug-likeness (QED) is 0.740. The second-order valence-electron chi connectivity index (χ2n) is 6.83. The third-order valence-corrected chi connectivity index (χ3v) is 5.81. The van der Waals surface area contributed by atoms with Crippen molar-refractivity contribution >= 4 is 33.8 Å². The molecule has 0 saturated carbocycles. The first-order valence-electron chi connectivity index (χ1n) is 8.79. The molecular weight excluding hydrogens is 368 g/mol. The number of hydrogen-bond acceptors (Lipinski definition) is 4. The number of rotatable bonds is 4. The first kappa shape index (κ1) is 17.5. The first-order chi connectivity index (χ1) is 12.6. The van der Waals surface area contributed by atoms with Crippen molar-refractivity contribution in [2.24, 2.45) is 0 Å². The van der Waals surface area contributed by atoms with Crippen LogP contribution in [-0.2, 0) is 6.54 Å². The number of piperidine rings is 1. The summed E-state index contributed by atoms with van der Waals surface area (Å²) >= 11 is 7.46. The van der Waals surface area contributed by atoms with Crippen LogP contribution in [0.4, 0.5) is 0 Å². The summed E-state index contributed by atoms with van der Waals surface area (Å²) in [5.74, 6) is -0.0213. The van der Waals surface area contributed by atoms with Crippen molar-refractivity contribution in [2.75, 3.05) is 13.1 Å². The van der Waals surface area contributed by atoms with E-state index in [0.717, 1.165) is 48.2 Å². The molecule has 136 valence electrons. The summed E-state index contributed by atoms with van der Waals surface area (Å²) in [4.78, 5) is 20.4. The van der Waals surface area contributed by atoms with E-state index in [1.807, 2.05) is 35.0 Å². The molecule has 0 aliphatic carbocycles. The molecule has 1 atom stereocenters. The number of aromatic nitrogens is 2. The second kappa shape index (κ2) is 7.39. The highest BCUT2D eigenvalue weighted by Crippen LogP contribution is 2.19. The largest absolute Gasteiger partial charge is 0.347 e. The molecular formula is C19H21ClN4OS. The number of fused-ring (bicyclic) bond motifs is 1. The van der Waals surface area contributed by atoms with Crippen molar-refractivity contribution in [3.05, 3.63) is 57.8 Å². The first-order valence-corrected chi connectivity index (χ1v) is 10.0. The van der Waals surface area contributed by atoms with Crippen LogP contribution < -0.4 is 5.32 Å². The fourth-order valence-corrected chi connectivity index (χ4v) is 4.51. The van der Waals surface area contributed by atoms with Gasteiger partial charge in [0.1, 0.15) is 5.69 Å². The van der Waals surface area contributed by atoms with Crippen molar-refractivity contribution in [1.82, 2.24) is 19.6 Å². The minimum atomic E-state index is -0.0213. The van der Waals surface area contributed by atoms with Crippen molar-refractivity contribution in [3.8, 4) is 0 Å². The van der Waals surface area contributed by atoms with Gasteiger partial charge in [-0.15, -0.1) is 11.3 Å². The van der Waals surface area contributed by atoms with Gasteiger partial charge in [-0.05, 0) is 44.0 Å². The van der Waals surface area contributed by atoms with Gasteiger partial charge in [0, 0.05) is 35.7 Å². The number of carbonyl (C=O) groups excluding carboxylic acids is 1. The SMILES string of the molecule is Cc1cn2c(C(=O)N[C@@H]3CCCN(Cc4ccc(Cl)cc4)C3)csc2n1. The van der Waals surface area contributed by atoms with E-state index < -0.39 is 0 Å². The molecule has 0 spiro atoms. The number of nitrogens with one attached hydrogen (secondary N) is 1. The summed E-state index contributed by atoms with van der Waals surface area (Å²) in [6.07, 6.45) is 4.01. The van der Waals surface area contributed by atoms with Gasteiger partial charge in [-0.3, -0.25) is 14.1 Å². The summed E-state index contributed by atoms with van der Waals surface area (Å²) < 4.78 is 1.88. The van der Waals surface area contributed by atoms with Gasteiger partial charge in [0.05, 0.1) is 5.69 Å². The summed E-state index contributed by atoms with van der Waals surface area (Å²) in [7, 11) is 0. The van der Waals surface area contributed by atoms with E-state index in [4.69, 9.17) is 11.6 Å². The highest BCUT2D eigenvalue weighted by molar-refractivity contribution is 7.15. The maximum Gasteiger partial charge on any atom is 0.269 e. The van der Waals surface area contributed by atoms with Crippen molar-refractivity contribution in [3.63, 3.8) is 0 Å². The zero-order valence-corrected chi connectivity index (χ0v) is 16.2. The number of halogens is 1. The summed E-state index contributed by atoms with van der Waals surface area (Å²) in [6, 6.07) is 8.15. The summed E-state index contributed by atoms with van der Waals surface area (Å²) in [6.45, 7) is 4.74. The molecule has 3 aromatic rings. The van der Waals surface area contributed by atoms with Crippen molar-refractivity contribution in [2.45, 2.75) is 32.4 Å². The number of benzene rings is 1. The van der Waals surface area contributed by atoms with E-state index in [1.54, 1.807) is 0 Å². The number of likely N-dealkylation sites (tertiary alicyclic amines) is 1. The molecule has 1 amide bonds. The number of amides is 1. The molecule has 3 heterocycles. The van der Waals surface area contributed by atoms with Crippen LogP contribution in [0.25, 0.3) is 4.96 Å². The number of imidazole rings is 1. The highest BCUT2D eigenvalue weighted by atomic mass is 35.5.